The molecule has 0 aromatic carbocycles. The fraction of sp³-hybridized carbons (Fsp3) is 1.00. The van der Waals surface area contributed by atoms with Gasteiger partial charge in [-0.1, -0.05) is 32.6 Å². The Hall–Kier alpha value is -0.120. The van der Waals surface area contributed by atoms with Crippen molar-refractivity contribution >= 4 is 0 Å². The average molecular weight is 229 g/mol. The minimum atomic E-state index is -0.131. The van der Waals surface area contributed by atoms with Crippen molar-refractivity contribution in [2.75, 3.05) is 19.8 Å². The zero-order valence-corrected chi connectivity index (χ0v) is 10.5. The van der Waals surface area contributed by atoms with Gasteiger partial charge in [-0.05, 0) is 31.2 Å². The summed E-state index contributed by atoms with van der Waals surface area (Å²) in [5.74, 6) is 1.70. The third-order valence-electron chi connectivity index (χ3n) is 3.80. The van der Waals surface area contributed by atoms with Gasteiger partial charge in [0.1, 0.15) is 0 Å². The first-order valence-electron chi connectivity index (χ1n) is 6.75. The summed E-state index contributed by atoms with van der Waals surface area (Å²) in [6.45, 7) is 3.27. The fourth-order valence-electron chi connectivity index (χ4n) is 2.65. The molecule has 0 heterocycles. The van der Waals surface area contributed by atoms with Crippen molar-refractivity contribution in [1.29, 1.82) is 0 Å². The lowest BCUT2D eigenvalue weighted by Gasteiger charge is -2.29. The molecular formula is C13H27NO2. The molecule has 0 saturated heterocycles. The van der Waals surface area contributed by atoms with E-state index in [1.54, 1.807) is 0 Å². The third kappa shape index (κ3) is 4.81. The molecule has 16 heavy (non-hydrogen) atoms. The Kier molecular flexibility index (Phi) is 7.01. The van der Waals surface area contributed by atoms with Gasteiger partial charge in [0.25, 0.3) is 0 Å². The molecule has 3 heteroatoms. The van der Waals surface area contributed by atoms with Crippen LogP contribution in [0, 0.1) is 11.8 Å². The van der Waals surface area contributed by atoms with Gasteiger partial charge in [0.15, 0.2) is 0 Å². The highest BCUT2D eigenvalue weighted by molar-refractivity contribution is 4.75. The Bertz CT molecular complexity index is 163. The molecule has 96 valence electrons. The van der Waals surface area contributed by atoms with E-state index in [1.807, 2.05) is 0 Å². The number of aliphatic hydroxyl groups is 2. The highest BCUT2D eigenvalue weighted by atomic mass is 16.3. The van der Waals surface area contributed by atoms with Crippen LogP contribution in [0.3, 0.4) is 0 Å². The Balaban J connectivity index is 2.12. The van der Waals surface area contributed by atoms with Crippen LogP contribution in [0.5, 0.6) is 0 Å². The number of hydrogen-bond acceptors (Lipinski definition) is 3. The standard InChI is InChI=1S/C13H27NO2/c1-2-3-11-4-6-12(7-5-11)8-14-13(9-15)10-16/h11-16H,2-10H2,1H3. The van der Waals surface area contributed by atoms with Crippen molar-refractivity contribution in [3.63, 3.8) is 0 Å². The molecule has 1 fully saturated rings. The summed E-state index contributed by atoms with van der Waals surface area (Å²) in [4.78, 5) is 0. The minimum absolute atomic E-state index is 0.0294. The first-order chi connectivity index (χ1) is 7.80. The molecule has 0 radical (unpaired) electrons. The van der Waals surface area contributed by atoms with Crippen molar-refractivity contribution in [2.45, 2.75) is 51.5 Å². The van der Waals surface area contributed by atoms with Crippen molar-refractivity contribution in [2.24, 2.45) is 11.8 Å². The highest BCUT2D eigenvalue weighted by Crippen LogP contribution is 2.31. The Morgan fingerprint density at radius 3 is 2.12 bits per heavy atom. The molecule has 0 aliphatic heterocycles. The van der Waals surface area contributed by atoms with Gasteiger partial charge in [0.2, 0.25) is 0 Å². The van der Waals surface area contributed by atoms with E-state index in [-0.39, 0.29) is 19.3 Å². The van der Waals surface area contributed by atoms with E-state index in [9.17, 15) is 0 Å². The fourth-order valence-corrected chi connectivity index (χ4v) is 2.65. The van der Waals surface area contributed by atoms with Gasteiger partial charge in [-0.3, -0.25) is 0 Å². The predicted molar refractivity (Wildman–Crippen MR) is 66.3 cm³/mol. The van der Waals surface area contributed by atoms with Crippen molar-refractivity contribution < 1.29 is 10.2 Å². The molecule has 0 unspecified atom stereocenters. The highest BCUT2D eigenvalue weighted by Gasteiger charge is 2.20. The van der Waals surface area contributed by atoms with Gasteiger partial charge >= 0.3 is 0 Å². The lowest BCUT2D eigenvalue weighted by Crippen LogP contribution is -2.39. The van der Waals surface area contributed by atoms with Crippen molar-refractivity contribution in [1.82, 2.24) is 5.32 Å². The van der Waals surface area contributed by atoms with E-state index in [2.05, 4.69) is 12.2 Å². The molecule has 0 atom stereocenters. The third-order valence-corrected chi connectivity index (χ3v) is 3.80. The molecule has 3 N–H and O–H groups in total. The molecule has 1 rings (SSSR count). The molecule has 1 saturated carbocycles. The van der Waals surface area contributed by atoms with Gasteiger partial charge in [-0.2, -0.15) is 0 Å². The summed E-state index contributed by atoms with van der Waals surface area (Å²) >= 11 is 0. The van der Waals surface area contributed by atoms with Gasteiger partial charge in [0, 0.05) is 0 Å². The van der Waals surface area contributed by atoms with Crippen LogP contribution in [-0.2, 0) is 0 Å². The van der Waals surface area contributed by atoms with Crippen molar-refractivity contribution in [3.8, 4) is 0 Å². The first-order valence-corrected chi connectivity index (χ1v) is 6.75. The summed E-state index contributed by atoms with van der Waals surface area (Å²) < 4.78 is 0. The first kappa shape index (κ1) is 13.9. The number of rotatable bonds is 7. The summed E-state index contributed by atoms with van der Waals surface area (Å²) in [6, 6.07) is -0.131. The Morgan fingerprint density at radius 2 is 1.62 bits per heavy atom. The maximum atomic E-state index is 8.95. The number of hydrogen-bond donors (Lipinski definition) is 3. The minimum Gasteiger partial charge on any atom is -0.395 e. The average Bonchev–Trinajstić information content (AvgIpc) is 2.33. The van der Waals surface area contributed by atoms with Crippen LogP contribution in [0.15, 0.2) is 0 Å². The molecule has 0 bridgehead atoms. The molecule has 1 aliphatic rings. The van der Waals surface area contributed by atoms with E-state index < -0.39 is 0 Å². The van der Waals surface area contributed by atoms with Crippen molar-refractivity contribution in [3.05, 3.63) is 0 Å². The normalized spacial score (nSPS) is 26.2. The summed E-state index contributed by atoms with van der Waals surface area (Å²) in [7, 11) is 0. The van der Waals surface area contributed by atoms with E-state index in [0.717, 1.165) is 18.4 Å². The molecule has 3 nitrogen and oxygen atoms in total. The maximum absolute atomic E-state index is 8.95. The molecule has 0 amide bonds. The van der Waals surface area contributed by atoms with Gasteiger partial charge < -0.3 is 15.5 Å². The summed E-state index contributed by atoms with van der Waals surface area (Å²) in [5, 5.41) is 21.1. The van der Waals surface area contributed by atoms with E-state index in [0.29, 0.717) is 0 Å². The van der Waals surface area contributed by atoms with Crippen LogP contribution >= 0.6 is 0 Å². The number of aliphatic hydroxyl groups excluding tert-OH is 2. The van der Waals surface area contributed by atoms with Gasteiger partial charge in [0.05, 0.1) is 19.3 Å². The molecule has 0 spiro atoms. The Labute approximate surface area is 99.3 Å². The number of nitrogens with one attached hydrogen (secondary N) is 1. The summed E-state index contributed by atoms with van der Waals surface area (Å²) in [5.41, 5.74) is 0. The van der Waals surface area contributed by atoms with Gasteiger partial charge in [-0.25, -0.2) is 0 Å². The van der Waals surface area contributed by atoms with Crippen LogP contribution in [0.2, 0.25) is 0 Å². The smallest absolute Gasteiger partial charge is 0.0607 e. The van der Waals surface area contributed by atoms with E-state index in [1.165, 1.54) is 38.5 Å². The van der Waals surface area contributed by atoms with Crippen LogP contribution < -0.4 is 5.32 Å². The Morgan fingerprint density at radius 1 is 1.06 bits per heavy atom. The SMILES string of the molecule is CCCC1CCC(CNC(CO)CO)CC1. The van der Waals surface area contributed by atoms with Gasteiger partial charge in [-0.15, -0.1) is 0 Å². The topological polar surface area (TPSA) is 52.5 Å². The van der Waals surface area contributed by atoms with Crippen LogP contribution in [0.1, 0.15) is 45.4 Å². The van der Waals surface area contributed by atoms with Crippen LogP contribution in [-0.4, -0.2) is 36.0 Å². The lowest BCUT2D eigenvalue weighted by molar-refractivity contribution is 0.160. The van der Waals surface area contributed by atoms with E-state index in [4.69, 9.17) is 10.2 Å². The molecule has 0 aromatic heterocycles. The second-order valence-corrected chi connectivity index (χ2v) is 5.15. The second-order valence-electron chi connectivity index (χ2n) is 5.15. The summed E-state index contributed by atoms with van der Waals surface area (Å²) in [6.07, 6.45) is 8.04. The zero-order chi connectivity index (χ0) is 11.8. The van der Waals surface area contributed by atoms with Crippen LogP contribution in [0.4, 0.5) is 0 Å². The maximum Gasteiger partial charge on any atom is 0.0607 e. The quantitative estimate of drug-likeness (QED) is 0.620. The monoisotopic (exact) mass is 229 g/mol. The largest absolute Gasteiger partial charge is 0.395 e. The predicted octanol–water partition coefficient (Wildman–Crippen LogP) is 1.54. The molecule has 0 aromatic rings. The zero-order valence-electron chi connectivity index (χ0n) is 10.5. The van der Waals surface area contributed by atoms with E-state index >= 15 is 0 Å². The van der Waals surface area contributed by atoms with Crippen LogP contribution in [0.25, 0.3) is 0 Å². The molecule has 1 aliphatic carbocycles. The second kappa shape index (κ2) is 8.04. The lowest BCUT2D eigenvalue weighted by atomic mass is 9.80. The molecular weight excluding hydrogens is 202 g/mol.